The Balaban J connectivity index is 2.26. The van der Waals surface area contributed by atoms with Gasteiger partial charge in [-0.15, -0.1) is 11.3 Å². The van der Waals surface area contributed by atoms with Crippen LogP contribution in [0.2, 0.25) is 0 Å². The van der Waals surface area contributed by atoms with Crippen molar-refractivity contribution in [2.75, 3.05) is 0 Å². The molecule has 1 fully saturated rings. The number of hydrogen-bond acceptors (Lipinski definition) is 3. The summed E-state index contributed by atoms with van der Waals surface area (Å²) in [4.78, 5) is 5.37. The second-order valence-electron chi connectivity index (χ2n) is 3.46. The van der Waals surface area contributed by atoms with Crippen molar-refractivity contribution in [2.45, 2.75) is 38.5 Å². The maximum atomic E-state index is 8.88. The van der Waals surface area contributed by atoms with Crippen LogP contribution in [0.1, 0.15) is 47.7 Å². The topological polar surface area (TPSA) is 36.7 Å². The molecule has 1 saturated carbocycles. The molecule has 0 amide bonds. The van der Waals surface area contributed by atoms with Crippen LogP contribution in [-0.2, 0) is 6.42 Å². The predicted molar refractivity (Wildman–Crippen MR) is 52.8 cm³/mol. The summed E-state index contributed by atoms with van der Waals surface area (Å²) in [5, 5.41) is 10.1. The highest BCUT2D eigenvalue weighted by atomic mass is 32.1. The number of aryl methyl sites for hydroxylation is 1. The zero-order valence-electron chi connectivity index (χ0n) is 7.71. The van der Waals surface area contributed by atoms with Gasteiger partial charge in [-0.3, -0.25) is 0 Å². The number of rotatable bonds is 3. The average Bonchev–Trinajstić information content (AvgIpc) is 2.90. The molecule has 0 bridgehead atoms. The molecular weight excluding hydrogens is 180 g/mol. The van der Waals surface area contributed by atoms with Gasteiger partial charge in [-0.2, -0.15) is 5.26 Å². The normalized spacial score (nSPS) is 15.7. The monoisotopic (exact) mass is 192 g/mol. The van der Waals surface area contributed by atoms with E-state index in [4.69, 9.17) is 5.26 Å². The van der Waals surface area contributed by atoms with Crippen molar-refractivity contribution in [3.05, 3.63) is 15.6 Å². The van der Waals surface area contributed by atoms with Crippen molar-refractivity contribution in [3.8, 4) is 6.07 Å². The zero-order chi connectivity index (χ0) is 9.26. The molecule has 0 aromatic carbocycles. The highest BCUT2D eigenvalue weighted by Crippen LogP contribution is 2.42. The van der Waals surface area contributed by atoms with E-state index in [1.807, 2.05) is 0 Å². The fourth-order valence-electron chi connectivity index (χ4n) is 1.37. The molecule has 13 heavy (non-hydrogen) atoms. The van der Waals surface area contributed by atoms with Gasteiger partial charge in [0.25, 0.3) is 0 Å². The van der Waals surface area contributed by atoms with E-state index in [0.717, 1.165) is 23.4 Å². The van der Waals surface area contributed by atoms with Gasteiger partial charge in [0, 0.05) is 5.92 Å². The van der Waals surface area contributed by atoms with E-state index in [0.29, 0.717) is 5.92 Å². The van der Waals surface area contributed by atoms with Crippen LogP contribution < -0.4 is 0 Å². The molecule has 1 aromatic rings. The van der Waals surface area contributed by atoms with Crippen LogP contribution in [0.5, 0.6) is 0 Å². The Bertz CT molecular complexity index is 344. The summed E-state index contributed by atoms with van der Waals surface area (Å²) in [6.45, 7) is 2.12. The van der Waals surface area contributed by atoms with Gasteiger partial charge in [-0.25, -0.2) is 4.98 Å². The number of nitriles is 1. The van der Waals surface area contributed by atoms with Gasteiger partial charge in [-0.1, -0.05) is 13.3 Å². The summed E-state index contributed by atoms with van der Waals surface area (Å²) in [6.07, 6.45) is 4.56. The number of hydrogen-bond donors (Lipinski definition) is 0. The lowest BCUT2D eigenvalue weighted by atomic mass is 10.2. The van der Waals surface area contributed by atoms with Crippen LogP contribution in [0.3, 0.4) is 0 Å². The van der Waals surface area contributed by atoms with Crippen molar-refractivity contribution in [1.29, 1.82) is 5.26 Å². The molecule has 1 aliphatic rings. The Morgan fingerprint density at radius 2 is 2.38 bits per heavy atom. The molecule has 2 rings (SSSR count). The van der Waals surface area contributed by atoms with Crippen LogP contribution >= 0.6 is 11.3 Å². The van der Waals surface area contributed by atoms with Crippen LogP contribution in [0.15, 0.2) is 0 Å². The molecule has 1 aliphatic carbocycles. The first-order valence-corrected chi connectivity index (χ1v) is 5.56. The molecule has 0 N–H and O–H groups in total. The van der Waals surface area contributed by atoms with E-state index >= 15 is 0 Å². The minimum Gasteiger partial charge on any atom is -0.245 e. The number of nitrogens with zero attached hydrogens (tertiary/aromatic N) is 2. The third kappa shape index (κ3) is 1.73. The molecule has 0 saturated heterocycles. The predicted octanol–water partition coefficient (Wildman–Crippen LogP) is 2.84. The maximum Gasteiger partial charge on any atom is 0.128 e. The summed E-state index contributed by atoms with van der Waals surface area (Å²) in [6, 6.07) is 2.24. The molecule has 0 radical (unpaired) electrons. The quantitative estimate of drug-likeness (QED) is 0.738. The van der Waals surface area contributed by atoms with E-state index in [1.54, 1.807) is 11.3 Å². The molecule has 1 heterocycles. The minimum absolute atomic E-state index is 0.683. The fourth-order valence-corrected chi connectivity index (χ4v) is 2.45. The van der Waals surface area contributed by atoms with E-state index < -0.39 is 0 Å². The highest BCUT2D eigenvalue weighted by molar-refractivity contribution is 7.12. The molecule has 1 aromatic heterocycles. The van der Waals surface area contributed by atoms with E-state index in [2.05, 4.69) is 18.0 Å². The summed E-state index contributed by atoms with van der Waals surface area (Å²) >= 11 is 1.60. The smallest absolute Gasteiger partial charge is 0.128 e. The molecule has 0 atom stereocenters. The van der Waals surface area contributed by atoms with E-state index in [-0.39, 0.29) is 0 Å². The zero-order valence-corrected chi connectivity index (χ0v) is 8.52. The Hall–Kier alpha value is -0.880. The first kappa shape index (κ1) is 8.71. The SMILES string of the molecule is CCCc1nc(C2CC2)sc1C#N. The van der Waals surface area contributed by atoms with Gasteiger partial charge in [0.2, 0.25) is 0 Å². The van der Waals surface area contributed by atoms with Crippen LogP contribution in [-0.4, -0.2) is 4.98 Å². The third-order valence-electron chi connectivity index (χ3n) is 2.23. The van der Waals surface area contributed by atoms with E-state index in [9.17, 15) is 0 Å². The minimum atomic E-state index is 0.683. The summed E-state index contributed by atoms with van der Waals surface area (Å²) in [5.74, 6) is 0.683. The number of thiazole rings is 1. The standard InChI is InChI=1S/C10H12N2S/c1-2-3-8-9(6-11)13-10(12-8)7-4-5-7/h7H,2-5H2,1H3. The second-order valence-corrected chi connectivity index (χ2v) is 4.49. The molecule has 0 aliphatic heterocycles. The van der Waals surface area contributed by atoms with Gasteiger partial charge >= 0.3 is 0 Å². The first-order valence-electron chi connectivity index (χ1n) is 4.74. The fraction of sp³-hybridized carbons (Fsp3) is 0.600. The van der Waals surface area contributed by atoms with Gasteiger partial charge in [0.15, 0.2) is 0 Å². The molecule has 68 valence electrons. The lowest BCUT2D eigenvalue weighted by Gasteiger charge is -1.90. The van der Waals surface area contributed by atoms with Gasteiger partial charge in [0.05, 0.1) is 10.7 Å². The summed E-state index contributed by atoms with van der Waals surface area (Å²) < 4.78 is 0. The highest BCUT2D eigenvalue weighted by Gasteiger charge is 2.28. The van der Waals surface area contributed by atoms with Gasteiger partial charge in [-0.05, 0) is 19.3 Å². The lowest BCUT2D eigenvalue weighted by molar-refractivity contribution is 0.876. The largest absolute Gasteiger partial charge is 0.245 e. The molecule has 3 heteroatoms. The van der Waals surface area contributed by atoms with Crippen LogP contribution in [0, 0.1) is 11.3 Å². The average molecular weight is 192 g/mol. The van der Waals surface area contributed by atoms with Gasteiger partial charge in [0.1, 0.15) is 10.9 Å². The molecule has 2 nitrogen and oxygen atoms in total. The van der Waals surface area contributed by atoms with Crippen molar-refractivity contribution in [1.82, 2.24) is 4.98 Å². The molecular formula is C10H12N2S. The number of aromatic nitrogens is 1. The maximum absolute atomic E-state index is 8.88. The Morgan fingerprint density at radius 3 is 2.92 bits per heavy atom. The van der Waals surface area contributed by atoms with E-state index in [1.165, 1.54) is 17.8 Å². The van der Waals surface area contributed by atoms with Gasteiger partial charge < -0.3 is 0 Å². The van der Waals surface area contributed by atoms with Crippen molar-refractivity contribution in [3.63, 3.8) is 0 Å². The lowest BCUT2D eigenvalue weighted by Crippen LogP contribution is -1.87. The molecule has 0 unspecified atom stereocenters. The molecule has 0 spiro atoms. The Morgan fingerprint density at radius 1 is 1.62 bits per heavy atom. The summed E-state index contributed by atoms with van der Waals surface area (Å²) in [7, 11) is 0. The summed E-state index contributed by atoms with van der Waals surface area (Å²) in [5.41, 5.74) is 1.02. The Labute approximate surface area is 82.2 Å². The third-order valence-corrected chi connectivity index (χ3v) is 3.39. The second kappa shape index (κ2) is 3.47. The van der Waals surface area contributed by atoms with Crippen molar-refractivity contribution in [2.24, 2.45) is 0 Å². The Kier molecular flexibility index (Phi) is 2.32. The van der Waals surface area contributed by atoms with Crippen molar-refractivity contribution >= 4 is 11.3 Å². The van der Waals surface area contributed by atoms with Crippen molar-refractivity contribution < 1.29 is 0 Å². The first-order chi connectivity index (χ1) is 6.35. The van der Waals surface area contributed by atoms with Crippen LogP contribution in [0.25, 0.3) is 0 Å². The van der Waals surface area contributed by atoms with Crippen LogP contribution in [0.4, 0.5) is 0 Å².